The average Bonchev–Trinajstić information content (AvgIpc) is 3.41. The summed E-state index contributed by atoms with van der Waals surface area (Å²) in [6.07, 6.45) is -3.28. The van der Waals surface area contributed by atoms with Crippen LogP contribution in [0.1, 0.15) is 34.8 Å². The number of hydrogen-bond donors (Lipinski definition) is 2. The number of aliphatic hydroxyl groups excluding tert-OH is 2. The van der Waals surface area contributed by atoms with E-state index in [2.05, 4.69) is 0 Å². The van der Waals surface area contributed by atoms with Crippen LogP contribution in [0, 0.1) is 0 Å². The van der Waals surface area contributed by atoms with Crippen LogP contribution in [0.2, 0.25) is 0 Å². The first-order valence-electron chi connectivity index (χ1n) is 12.7. The molecule has 1 aliphatic heterocycles. The van der Waals surface area contributed by atoms with E-state index in [0.717, 1.165) is 0 Å². The standard InChI is InChI=1S/C30H34O11/c1-34-19-11-10-16(13-22(19)37-4)27-25(30(33)39-6)18-12-17(14-23(38-5)28(18)41-27)26(32)24(15-31)40-29-20(35-2)8-7-9-21(29)36-3/h7-14,24-27,31-32H,15H2,1-6H3/t24?,25-,26?,27+/m1/s1. The van der Waals surface area contributed by atoms with Gasteiger partial charge < -0.3 is 48.1 Å². The van der Waals surface area contributed by atoms with Crippen molar-refractivity contribution in [3.63, 3.8) is 0 Å². The molecule has 4 atom stereocenters. The third-order valence-electron chi connectivity index (χ3n) is 6.93. The van der Waals surface area contributed by atoms with Crippen LogP contribution in [-0.2, 0) is 9.53 Å². The van der Waals surface area contributed by atoms with Gasteiger partial charge in [-0.15, -0.1) is 0 Å². The highest BCUT2D eigenvalue weighted by Crippen LogP contribution is 2.53. The van der Waals surface area contributed by atoms with Crippen LogP contribution in [0.25, 0.3) is 0 Å². The van der Waals surface area contributed by atoms with E-state index in [1.54, 1.807) is 48.5 Å². The zero-order chi connectivity index (χ0) is 29.7. The fraction of sp³-hybridized carbons (Fsp3) is 0.367. The van der Waals surface area contributed by atoms with E-state index in [-0.39, 0.29) is 11.5 Å². The summed E-state index contributed by atoms with van der Waals surface area (Å²) in [7, 11) is 8.73. The molecule has 4 rings (SSSR count). The third kappa shape index (κ3) is 5.63. The number of esters is 1. The molecule has 1 heterocycles. The molecule has 0 saturated heterocycles. The molecule has 3 aromatic rings. The molecule has 220 valence electrons. The Hall–Kier alpha value is -4.35. The highest BCUT2D eigenvalue weighted by Gasteiger charge is 2.44. The Bertz CT molecular complexity index is 1350. The van der Waals surface area contributed by atoms with Gasteiger partial charge in [-0.2, -0.15) is 0 Å². The lowest BCUT2D eigenvalue weighted by Gasteiger charge is -2.25. The summed E-state index contributed by atoms with van der Waals surface area (Å²) < 4.78 is 44.6. The Labute approximate surface area is 238 Å². The molecule has 0 amide bonds. The molecular formula is C30H34O11. The maximum atomic E-state index is 13.1. The van der Waals surface area contributed by atoms with Crippen molar-refractivity contribution in [3.8, 4) is 40.2 Å². The van der Waals surface area contributed by atoms with E-state index < -0.39 is 36.8 Å². The van der Waals surface area contributed by atoms with E-state index in [9.17, 15) is 15.0 Å². The third-order valence-corrected chi connectivity index (χ3v) is 6.93. The van der Waals surface area contributed by atoms with E-state index in [0.29, 0.717) is 45.4 Å². The lowest BCUT2D eigenvalue weighted by atomic mass is 9.89. The molecule has 0 aromatic heterocycles. The topological polar surface area (TPSA) is 131 Å². The Kier molecular flexibility index (Phi) is 9.31. The number of aliphatic hydroxyl groups is 2. The fourth-order valence-electron chi connectivity index (χ4n) is 4.85. The van der Waals surface area contributed by atoms with Crippen LogP contribution < -0.4 is 33.2 Å². The largest absolute Gasteiger partial charge is 0.493 e. The highest BCUT2D eigenvalue weighted by atomic mass is 16.6. The van der Waals surface area contributed by atoms with Crippen LogP contribution in [0.3, 0.4) is 0 Å². The van der Waals surface area contributed by atoms with Gasteiger partial charge >= 0.3 is 5.97 Å². The smallest absolute Gasteiger partial charge is 0.317 e. The number of carbonyl (C=O) groups is 1. The Morgan fingerprint density at radius 2 is 1.46 bits per heavy atom. The normalized spacial score (nSPS) is 17.0. The second-order valence-corrected chi connectivity index (χ2v) is 9.07. The maximum Gasteiger partial charge on any atom is 0.317 e. The first kappa shape index (κ1) is 29.6. The van der Waals surface area contributed by atoms with Crippen molar-refractivity contribution in [2.75, 3.05) is 49.3 Å². The number of rotatable bonds is 12. The maximum absolute atomic E-state index is 13.1. The zero-order valence-corrected chi connectivity index (χ0v) is 23.7. The average molecular weight is 571 g/mol. The highest BCUT2D eigenvalue weighted by molar-refractivity contribution is 5.82. The quantitative estimate of drug-likeness (QED) is 0.310. The van der Waals surface area contributed by atoms with E-state index >= 15 is 0 Å². The SMILES string of the molecule is COC(=O)[C@@H]1c2cc(C(O)C(CO)Oc3c(OC)cccc3OC)cc(OC)c2O[C@H]1c1ccc(OC)c(OC)c1. The molecular weight excluding hydrogens is 536 g/mol. The van der Waals surface area contributed by atoms with E-state index in [4.69, 9.17) is 37.9 Å². The minimum absolute atomic E-state index is 0.216. The minimum atomic E-state index is -1.35. The van der Waals surface area contributed by atoms with Crippen LogP contribution >= 0.6 is 0 Å². The Morgan fingerprint density at radius 1 is 0.829 bits per heavy atom. The number of methoxy groups -OCH3 is 6. The number of hydrogen-bond acceptors (Lipinski definition) is 11. The first-order chi connectivity index (χ1) is 19.8. The molecule has 0 saturated carbocycles. The van der Waals surface area contributed by atoms with Crippen LogP contribution in [0.15, 0.2) is 48.5 Å². The summed E-state index contributed by atoms with van der Waals surface area (Å²) >= 11 is 0. The fourth-order valence-corrected chi connectivity index (χ4v) is 4.85. The second kappa shape index (κ2) is 12.9. The number of fused-ring (bicyclic) bond motifs is 1. The Balaban J connectivity index is 1.75. The molecule has 41 heavy (non-hydrogen) atoms. The monoisotopic (exact) mass is 570 g/mol. The molecule has 0 spiro atoms. The summed E-state index contributed by atoms with van der Waals surface area (Å²) in [6, 6.07) is 13.5. The molecule has 2 unspecified atom stereocenters. The van der Waals surface area contributed by atoms with Gasteiger partial charge in [0.2, 0.25) is 5.75 Å². The van der Waals surface area contributed by atoms with Crippen LogP contribution in [0.5, 0.6) is 40.2 Å². The van der Waals surface area contributed by atoms with Crippen LogP contribution in [0.4, 0.5) is 0 Å². The molecule has 2 N–H and O–H groups in total. The molecule has 3 aromatic carbocycles. The molecule has 11 nitrogen and oxygen atoms in total. The van der Waals surface area contributed by atoms with Gasteiger partial charge in [0.25, 0.3) is 0 Å². The summed E-state index contributed by atoms with van der Waals surface area (Å²) in [5, 5.41) is 21.6. The van der Waals surface area contributed by atoms with Gasteiger partial charge in [-0.3, -0.25) is 4.79 Å². The van der Waals surface area contributed by atoms with E-state index in [1.807, 2.05) is 0 Å². The summed E-state index contributed by atoms with van der Waals surface area (Å²) in [5.41, 5.74) is 1.40. The zero-order valence-electron chi connectivity index (χ0n) is 23.7. The van der Waals surface area contributed by atoms with Crippen molar-refractivity contribution in [2.24, 2.45) is 0 Å². The van der Waals surface area contributed by atoms with Gasteiger partial charge in [0.1, 0.15) is 18.1 Å². The molecule has 0 fully saturated rings. The number of benzene rings is 3. The van der Waals surface area contributed by atoms with Crippen molar-refractivity contribution in [1.82, 2.24) is 0 Å². The predicted octanol–water partition coefficient (Wildman–Crippen LogP) is 3.59. The first-order valence-corrected chi connectivity index (χ1v) is 12.7. The van der Waals surface area contributed by atoms with Gasteiger partial charge in [-0.25, -0.2) is 0 Å². The lowest BCUT2D eigenvalue weighted by Crippen LogP contribution is -2.29. The van der Waals surface area contributed by atoms with Crippen LogP contribution in [-0.4, -0.2) is 71.6 Å². The van der Waals surface area contributed by atoms with Gasteiger partial charge in [0.05, 0.1) is 49.3 Å². The van der Waals surface area contributed by atoms with Gasteiger partial charge in [0.15, 0.2) is 40.6 Å². The van der Waals surface area contributed by atoms with Crippen molar-refractivity contribution >= 4 is 5.97 Å². The number of para-hydroxylation sites is 1. The van der Waals surface area contributed by atoms with Crippen molar-refractivity contribution < 1.29 is 52.9 Å². The molecule has 1 aliphatic rings. The lowest BCUT2D eigenvalue weighted by molar-refractivity contribution is -0.144. The molecule has 0 aliphatic carbocycles. The molecule has 11 heteroatoms. The summed E-state index contributed by atoms with van der Waals surface area (Å²) in [4.78, 5) is 13.1. The van der Waals surface area contributed by atoms with Crippen molar-refractivity contribution in [3.05, 3.63) is 65.2 Å². The van der Waals surface area contributed by atoms with Gasteiger partial charge in [-0.1, -0.05) is 12.1 Å². The predicted molar refractivity (Wildman–Crippen MR) is 147 cm³/mol. The minimum Gasteiger partial charge on any atom is -0.493 e. The Morgan fingerprint density at radius 3 is 2.02 bits per heavy atom. The van der Waals surface area contributed by atoms with Crippen molar-refractivity contribution in [2.45, 2.75) is 24.2 Å². The summed E-state index contributed by atoms with van der Waals surface area (Å²) in [5.74, 6) is 1.07. The number of ether oxygens (including phenoxy) is 8. The number of carbonyl (C=O) groups excluding carboxylic acids is 1. The molecule has 0 radical (unpaired) electrons. The summed E-state index contributed by atoms with van der Waals surface area (Å²) in [6.45, 7) is -0.549. The second-order valence-electron chi connectivity index (χ2n) is 9.07. The van der Waals surface area contributed by atoms with Crippen molar-refractivity contribution in [1.29, 1.82) is 0 Å². The molecule has 0 bridgehead atoms. The van der Waals surface area contributed by atoms with Gasteiger partial charge in [0, 0.05) is 5.56 Å². The van der Waals surface area contributed by atoms with Gasteiger partial charge in [-0.05, 0) is 47.5 Å². The van der Waals surface area contributed by atoms with E-state index in [1.165, 1.54) is 42.7 Å².